The first-order valence-electron chi connectivity index (χ1n) is 10.9. The molecule has 0 saturated carbocycles. The van der Waals surface area contributed by atoms with Crippen LogP contribution in [0.2, 0.25) is 0 Å². The van der Waals surface area contributed by atoms with Crippen molar-refractivity contribution in [3.8, 4) is 0 Å². The van der Waals surface area contributed by atoms with Crippen LogP contribution in [0.15, 0.2) is 42.5 Å². The third kappa shape index (κ3) is 4.24. The molecule has 170 valence electrons. The summed E-state index contributed by atoms with van der Waals surface area (Å²) in [5, 5.41) is 9.76. The maximum absolute atomic E-state index is 11.9. The van der Waals surface area contributed by atoms with Gasteiger partial charge in [-0.3, -0.25) is 4.90 Å². The Bertz CT molecular complexity index is 1250. The molecule has 3 aromatic rings. The van der Waals surface area contributed by atoms with Crippen LogP contribution in [0.3, 0.4) is 0 Å². The zero-order valence-electron chi connectivity index (χ0n) is 18.7. The second kappa shape index (κ2) is 8.58. The molecule has 2 atom stereocenters. The lowest BCUT2D eigenvalue weighted by atomic mass is 9.96. The number of carboxylic acid groups (broad SMARTS) is 1. The van der Waals surface area contributed by atoms with Gasteiger partial charge < -0.3 is 9.67 Å². The van der Waals surface area contributed by atoms with Crippen molar-refractivity contribution in [3.05, 3.63) is 59.4 Å². The quantitative estimate of drug-likeness (QED) is 0.593. The van der Waals surface area contributed by atoms with Gasteiger partial charge >= 0.3 is 6.09 Å². The fourth-order valence-electron chi connectivity index (χ4n) is 4.68. The lowest BCUT2D eigenvalue weighted by molar-refractivity contribution is 0.198. The standard InChI is InChI=1S/C24H29N3O4S/c1-16-10-11-19-20(27(16)24(28)29)12-13-21-22(19)25-23(17(2)18-8-5-4-6-9-18)26(21)14-7-15-32(3,30)31/h4-6,8-9,12-13,16-17H,7,10-11,14-15H2,1-3H3,(H,28,29). The Morgan fingerprint density at radius 2 is 1.94 bits per heavy atom. The molecule has 32 heavy (non-hydrogen) atoms. The van der Waals surface area contributed by atoms with E-state index in [1.54, 1.807) is 0 Å². The predicted octanol–water partition coefficient (Wildman–Crippen LogP) is 4.44. The SMILES string of the molecule is CC(c1ccccc1)c1nc2c3c(ccc2n1CCCS(C)(=O)=O)N(C(=O)O)C(C)CC3. The number of aryl methyl sites for hydroxylation is 2. The van der Waals surface area contributed by atoms with Crippen LogP contribution >= 0.6 is 0 Å². The summed E-state index contributed by atoms with van der Waals surface area (Å²) in [4.78, 5) is 18.4. The molecule has 1 amide bonds. The van der Waals surface area contributed by atoms with Gasteiger partial charge in [0.15, 0.2) is 0 Å². The van der Waals surface area contributed by atoms with Crippen molar-refractivity contribution in [2.75, 3.05) is 16.9 Å². The highest BCUT2D eigenvalue weighted by atomic mass is 32.2. The Morgan fingerprint density at radius 1 is 1.22 bits per heavy atom. The minimum atomic E-state index is -3.06. The third-order valence-electron chi connectivity index (χ3n) is 6.33. The zero-order valence-corrected chi connectivity index (χ0v) is 19.5. The normalized spacial score (nSPS) is 17.3. The van der Waals surface area contributed by atoms with Crippen molar-refractivity contribution in [2.45, 2.75) is 51.6 Å². The van der Waals surface area contributed by atoms with E-state index in [-0.39, 0.29) is 17.7 Å². The number of rotatable bonds is 6. The van der Waals surface area contributed by atoms with Gasteiger partial charge in [-0.25, -0.2) is 18.2 Å². The lowest BCUT2D eigenvalue weighted by Gasteiger charge is -2.33. The third-order valence-corrected chi connectivity index (χ3v) is 7.36. The number of amides is 1. The number of hydrogen-bond acceptors (Lipinski definition) is 4. The number of nitrogens with zero attached hydrogens (tertiary/aromatic N) is 3. The van der Waals surface area contributed by atoms with Gasteiger partial charge in [-0.15, -0.1) is 0 Å². The van der Waals surface area contributed by atoms with Gasteiger partial charge in [0.25, 0.3) is 0 Å². The number of sulfone groups is 1. The first-order chi connectivity index (χ1) is 15.2. The summed E-state index contributed by atoms with van der Waals surface area (Å²) in [5.41, 5.74) is 4.52. The Balaban J connectivity index is 1.85. The van der Waals surface area contributed by atoms with Crippen molar-refractivity contribution >= 4 is 32.7 Å². The highest BCUT2D eigenvalue weighted by Gasteiger charge is 2.31. The van der Waals surface area contributed by atoms with Gasteiger partial charge in [0, 0.05) is 30.3 Å². The van der Waals surface area contributed by atoms with E-state index in [9.17, 15) is 18.3 Å². The lowest BCUT2D eigenvalue weighted by Crippen LogP contribution is -2.41. The van der Waals surface area contributed by atoms with E-state index in [0.29, 0.717) is 18.7 Å². The van der Waals surface area contributed by atoms with E-state index in [0.717, 1.165) is 40.8 Å². The molecule has 7 nitrogen and oxygen atoms in total. The molecule has 1 aliphatic heterocycles. The molecule has 1 N–H and O–H groups in total. The largest absolute Gasteiger partial charge is 0.465 e. The van der Waals surface area contributed by atoms with Gasteiger partial charge in [-0.1, -0.05) is 37.3 Å². The Labute approximate surface area is 188 Å². The first kappa shape index (κ1) is 22.3. The number of anilines is 1. The van der Waals surface area contributed by atoms with Crippen LogP contribution in [-0.4, -0.2) is 47.2 Å². The van der Waals surface area contributed by atoms with Gasteiger partial charge in [0.2, 0.25) is 0 Å². The van der Waals surface area contributed by atoms with Crippen molar-refractivity contribution in [1.29, 1.82) is 0 Å². The molecule has 2 aromatic carbocycles. The van der Waals surface area contributed by atoms with E-state index in [2.05, 4.69) is 23.6 Å². The van der Waals surface area contributed by atoms with Gasteiger partial charge in [0.1, 0.15) is 15.7 Å². The van der Waals surface area contributed by atoms with Gasteiger partial charge in [-0.2, -0.15) is 0 Å². The summed E-state index contributed by atoms with van der Waals surface area (Å²) in [6, 6.07) is 13.8. The molecule has 1 aliphatic rings. The summed E-state index contributed by atoms with van der Waals surface area (Å²) < 4.78 is 25.5. The maximum atomic E-state index is 11.9. The van der Waals surface area contributed by atoms with E-state index >= 15 is 0 Å². The van der Waals surface area contributed by atoms with Crippen LogP contribution in [0.4, 0.5) is 10.5 Å². The van der Waals surface area contributed by atoms with E-state index in [1.165, 1.54) is 11.2 Å². The molecule has 2 unspecified atom stereocenters. The van der Waals surface area contributed by atoms with Crippen LogP contribution in [0.1, 0.15) is 49.6 Å². The van der Waals surface area contributed by atoms with Crippen molar-refractivity contribution in [2.24, 2.45) is 0 Å². The summed E-state index contributed by atoms with van der Waals surface area (Å²) in [6.07, 6.45) is 2.29. The topological polar surface area (TPSA) is 92.5 Å². The molecule has 0 bridgehead atoms. The number of aromatic nitrogens is 2. The summed E-state index contributed by atoms with van der Waals surface area (Å²) in [5.74, 6) is 0.991. The second-order valence-electron chi connectivity index (χ2n) is 8.71. The number of fused-ring (bicyclic) bond motifs is 3. The summed E-state index contributed by atoms with van der Waals surface area (Å²) in [7, 11) is -3.06. The molecular weight excluding hydrogens is 426 g/mol. The van der Waals surface area contributed by atoms with Crippen molar-refractivity contribution < 1.29 is 18.3 Å². The Hall–Kier alpha value is -2.87. The fraction of sp³-hybridized carbons (Fsp3) is 0.417. The monoisotopic (exact) mass is 455 g/mol. The molecule has 4 rings (SSSR count). The number of imidazole rings is 1. The molecule has 0 aliphatic carbocycles. The number of hydrogen-bond donors (Lipinski definition) is 1. The number of benzene rings is 2. The predicted molar refractivity (Wildman–Crippen MR) is 126 cm³/mol. The van der Waals surface area contributed by atoms with E-state index < -0.39 is 15.9 Å². The molecule has 2 heterocycles. The van der Waals surface area contributed by atoms with Gasteiger partial charge in [0.05, 0.1) is 22.5 Å². The Kier molecular flexibility index (Phi) is 5.99. The molecular formula is C24H29N3O4S. The summed E-state index contributed by atoms with van der Waals surface area (Å²) >= 11 is 0. The fourth-order valence-corrected chi connectivity index (χ4v) is 5.33. The maximum Gasteiger partial charge on any atom is 0.412 e. The van der Waals surface area contributed by atoms with E-state index in [4.69, 9.17) is 4.98 Å². The number of carbonyl (C=O) groups is 1. The average Bonchev–Trinajstić information content (AvgIpc) is 3.11. The van der Waals surface area contributed by atoms with E-state index in [1.807, 2.05) is 37.3 Å². The molecule has 8 heteroatoms. The van der Waals surface area contributed by atoms with Crippen LogP contribution in [0.5, 0.6) is 0 Å². The molecule has 1 aromatic heterocycles. The van der Waals surface area contributed by atoms with Crippen LogP contribution in [-0.2, 0) is 22.8 Å². The second-order valence-corrected chi connectivity index (χ2v) is 11.0. The van der Waals surface area contributed by atoms with Crippen LogP contribution in [0.25, 0.3) is 11.0 Å². The smallest absolute Gasteiger partial charge is 0.412 e. The minimum absolute atomic E-state index is 0.00979. The van der Waals surface area contributed by atoms with Crippen LogP contribution < -0.4 is 4.90 Å². The van der Waals surface area contributed by atoms with Crippen molar-refractivity contribution in [1.82, 2.24) is 9.55 Å². The average molecular weight is 456 g/mol. The molecule has 0 spiro atoms. The highest BCUT2D eigenvalue weighted by Crippen LogP contribution is 2.37. The first-order valence-corrected chi connectivity index (χ1v) is 13.0. The van der Waals surface area contributed by atoms with Gasteiger partial charge in [-0.05, 0) is 43.9 Å². The van der Waals surface area contributed by atoms with Crippen molar-refractivity contribution in [3.63, 3.8) is 0 Å². The summed E-state index contributed by atoms with van der Waals surface area (Å²) in [6.45, 7) is 4.56. The molecule has 0 saturated heterocycles. The Morgan fingerprint density at radius 3 is 2.59 bits per heavy atom. The molecule has 0 radical (unpaired) electrons. The zero-order chi connectivity index (χ0) is 23.0. The van der Waals surface area contributed by atoms with Crippen LogP contribution in [0, 0.1) is 0 Å². The minimum Gasteiger partial charge on any atom is -0.465 e. The molecule has 0 fully saturated rings. The highest BCUT2D eigenvalue weighted by molar-refractivity contribution is 7.90.